The second-order valence-corrected chi connectivity index (χ2v) is 6.23. The van der Waals surface area contributed by atoms with E-state index >= 15 is 0 Å². The van der Waals surface area contributed by atoms with Crippen LogP contribution in [0.25, 0.3) is 0 Å². The van der Waals surface area contributed by atoms with Gasteiger partial charge in [0.1, 0.15) is 5.75 Å². The molecule has 0 bridgehead atoms. The normalized spacial score (nSPS) is 21.6. The predicted octanol–water partition coefficient (Wildman–Crippen LogP) is 3.25. The maximum atomic E-state index is 12.7. The fourth-order valence-electron chi connectivity index (χ4n) is 3.51. The molecule has 2 heterocycles. The van der Waals surface area contributed by atoms with E-state index in [2.05, 4.69) is 11.6 Å². The van der Waals surface area contributed by atoms with Crippen LogP contribution < -0.4 is 4.74 Å². The van der Waals surface area contributed by atoms with Crippen LogP contribution in [0.4, 0.5) is 5.69 Å². The van der Waals surface area contributed by atoms with E-state index in [1.807, 2.05) is 59.6 Å². The zero-order valence-electron chi connectivity index (χ0n) is 13.5. The second-order valence-electron chi connectivity index (χ2n) is 6.23. The maximum Gasteiger partial charge on any atom is 0.250 e. The first-order valence-electron chi connectivity index (χ1n) is 7.90. The van der Waals surface area contributed by atoms with E-state index in [4.69, 9.17) is 4.74 Å². The van der Waals surface area contributed by atoms with Gasteiger partial charge in [-0.1, -0.05) is 36.9 Å². The van der Waals surface area contributed by atoms with Gasteiger partial charge in [0.25, 0.3) is 5.91 Å². The van der Waals surface area contributed by atoms with Gasteiger partial charge in [0.15, 0.2) is 0 Å². The molecule has 1 spiro atoms. The molecule has 2 aliphatic rings. The summed E-state index contributed by atoms with van der Waals surface area (Å²) < 4.78 is 5.18. The Labute approximate surface area is 141 Å². The molecular formula is C20H18N2O2. The summed E-state index contributed by atoms with van der Waals surface area (Å²) in [6.45, 7) is 5.22. The number of carbonyl (C=O) groups is 1. The number of benzene rings is 2. The second kappa shape index (κ2) is 5.34. The van der Waals surface area contributed by atoms with Crippen LogP contribution in [0.5, 0.6) is 5.75 Å². The maximum absolute atomic E-state index is 12.7. The van der Waals surface area contributed by atoms with Crippen LogP contribution in [-0.2, 0) is 16.8 Å². The van der Waals surface area contributed by atoms with E-state index in [9.17, 15) is 4.79 Å². The van der Waals surface area contributed by atoms with Gasteiger partial charge in [-0.2, -0.15) is 0 Å². The van der Waals surface area contributed by atoms with Crippen LogP contribution in [0.1, 0.15) is 11.1 Å². The molecule has 0 aliphatic carbocycles. The fourth-order valence-corrected chi connectivity index (χ4v) is 3.51. The number of carbonyl (C=O) groups excluding carboxylic acids is 1. The molecule has 0 aromatic heterocycles. The lowest BCUT2D eigenvalue weighted by molar-refractivity contribution is -0.125. The number of rotatable bonds is 3. The van der Waals surface area contributed by atoms with Crippen molar-refractivity contribution in [3.8, 4) is 5.75 Å². The van der Waals surface area contributed by atoms with Crippen molar-refractivity contribution in [2.45, 2.75) is 12.0 Å². The van der Waals surface area contributed by atoms with Crippen molar-refractivity contribution in [2.75, 3.05) is 13.7 Å². The van der Waals surface area contributed by atoms with Crippen molar-refractivity contribution in [1.29, 1.82) is 0 Å². The van der Waals surface area contributed by atoms with Crippen LogP contribution in [0.3, 0.4) is 0 Å². The van der Waals surface area contributed by atoms with E-state index < -0.39 is 5.41 Å². The predicted molar refractivity (Wildman–Crippen MR) is 93.8 cm³/mol. The molecule has 1 atom stereocenters. The highest BCUT2D eigenvalue weighted by Gasteiger charge is 2.49. The Morgan fingerprint density at radius 2 is 1.96 bits per heavy atom. The number of hydrogen-bond acceptors (Lipinski definition) is 3. The minimum Gasteiger partial charge on any atom is -0.497 e. The van der Waals surface area contributed by atoms with E-state index in [0.717, 1.165) is 22.6 Å². The summed E-state index contributed by atoms with van der Waals surface area (Å²) in [5, 5.41) is 0. The van der Waals surface area contributed by atoms with E-state index in [1.54, 1.807) is 7.11 Å². The third-order valence-corrected chi connectivity index (χ3v) is 4.87. The summed E-state index contributed by atoms with van der Waals surface area (Å²) in [7, 11) is 1.64. The van der Waals surface area contributed by atoms with Gasteiger partial charge in [-0.3, -0.25) is 9.79 Å². The molecular weight excluding hydrogens is 300 g/mol. The average Bonchev–Trinajstić information content (AvgIpc) is 3.10. The lowest BCUT2D eigenvalue weighted by Gasteiger charge is -2.22. The molecule has 1 amide bonds. The van der Waals surface area contributed by atoms with Gasteiger partial charge >= 0.3 is 0 Å². The average molecular weight is 318 g/mol. The smallest absolute Gasteiger partial charge is 0.250 e. The highest BCUT2D eigenvalue weighted by atomic mass is 16.5. The SMILES string of the molecule is C=C1C(=O)N(Cc2ccc(OC)cc2)CC12C=Nc1ccccc12. The minimum atomic E-state index is -0.486. The van der Waals surface area contributed by atoms with Crippen molar-refractivity contribution < 1.29 is 9.53 Å². The quantitative estimate of drug-likeness (QED) is 0.815. The molecule has 0 N–H and O–H groups in total. The van der Waals surface area contributed by atoms with Crippen LogP contribution in [0, 0.1) is 0 Å². The number of aliphatic imine (C=N–C) groups is 1. The molecule has 1 fully saturated rings. The van der Waals surface area contributed by atoms with E-state index in [1.165, 1.54) is 0 Å². The summed E-state index contributed by atoms with van der Waals surface area (Å²) in [6.07, 6.45) is 1.88. The summed E-state index contributed by atoms with van der Waals surface area (Å²) in [6, 6.07) is 15.7. The molecule has 0 saturated carbocycles. The fraction of sp³-hybridized carbons (Fsp3) is 0.200. The number of hydrogen-bond donors (Lipinski definition) is 0. The third kappa shape index (κ3) is 2.07. The topological polar surface area (TPSA) is 41.9 Å². The van der Waals surface area contributed by atoms with Crippen LogP contribution in [-0.4, -0.2) is 30.7 Å². The van der Waals surface area contributed by atoms with Crippen molar-refractivity contribution >= 4 is 17.8 Å². The molecule has 2 aliphatic heterocycles. The van der Waals surface area contributed by atoms with Gasteiger partial charge in [-0.15, -0.1) is 0 Å². The summed E-state index contributed by atoms with van der Waals surface area (Å²) >= 11 is 0. The number of para-hydroxylation sites is 1. The Kier molecular flexibility index (Phi) is 3.27. The number of ether oxygens (including phenoxy) is 1. The molecule has 2 aromatic carbocycles. The van der Waals surface area contributed by atoms with Crippen molar-refractivity contribution in [3.05, 3.63) is 71.8 Å². The van der Waals surface area contributed by atoms with Crippen LogP contribution in [0.15, 0.2) is 65.7 Å². The van der Waals surface area contributed by atoms with Crippen LogP contribution in [0.2, 0.25) is 0 Å². The zero-order valence-corrected chi connectivity index (χ0v) is 13.5. The van der Waals surface area contributed by atoms with Crippen molar-refractivity contribution in [1.82, 2.24) is 4.90 Å². The lowest BCUT2D eigenvalue weighted by Crippen LogP contribution is -2.31. The van der Waals surface area contributed by atoms with Crippen LogP contribution >= 0.6 is 0 Å². The summed E-state index contributed by atoms with van der Waals surface area (Å²) in [5.74, 6) is 0.804. The van der Waals surface area contributed by atoms with Gasteiger partial charge in [-0.05, 0) is 29.3 Å². The van der Waals surface area contributed by atoms with Gasteiger partial charge < -0.3 is 9.64 Å². The summed E-state index contributed by atoms with van der Waals surface area (Å²) in [4.78, 5) is 19.1. The first-order chi connectivity index (χ1) is 11.6. The molecule has 2 aromatic rings. The monoisotopic (exact) mass is 318 g/mol. The van der Waals surface area contributed by atoms with Gasteiger partial charge in [-0.25, -0.2) is 0 Å². The molecule has 4 heteroatoms. The van der Waals surface area contributed by atoms with Gasteiger partial charge in [0.05, 0.1) is 18.2 Å². The Hall–Kier alpha value is -2.88. The number of methoxy groups -OCH3 is 1. The van der Waals surface area contributed by atoms with Crippen molar-refractivity contribution in [3.63, 3.8) is 0 Å². The first-order valence-corrected chi connectivity index (χ1v) is 7.90. The number of fused-ring (bicyclic) bond motifs is 2. The van der Waals surface area contributed by atoms with Gasteiger partial charge in [0, 0.05) is 24.9 Å². The summed E-state index contributed by atoms with van der Waals surface area (Å²) in [5.41, 5.74) is 3.18. The van der Waals surface area contributed by atoms with E-state index in [-0.39, 0.29) is 5.91 Å². The van der Waals surface area contributed by atoms with Crippen molar-refractivity contribution in [2.24, 2.45) is 4.99 Å². The molecule has 1 saturated heterocycles. The Balaban J connectivity index is 1.63. The first kappa shape index (κ1) is 14.7. The third-order valence-electron chi connectivity index (χ3n) is 4.87. The van der Waals surface area contributed by atoms with Gasteiger partial charge in [0.2, 0.25) is 0 Å². The largest absolute Gasteiger partial charge is 0.497 e. The molecule has 120 valence electrons. The molecule has 1 unspecified atom stereocenters. The Bertz CT molecular complexity index is 854. The lowest BCUT2D eigenvalue weighted by atomic mass is 9.79. The minimum absolute atomic E-state index is 0.00558. The molecule has 24 heavy (non-hydrogen) atoms. The highest BCUT2D eigenvalue weighted by molar-refractivity contribution is 6.07. The number of nitrogens with zero attached hydrogens (tertiary/aromatic N) is 2. The Morgan fingerprint density at radius 1 is 1.21 bits per heavy atom. The molecule has 4 nitrogen and oxygen atoms in total. The molecule has 0 radical (unpaired) electrons. The van der Waals surface area contributed by atoms with E-state index in [0.29, 0.717) is 18.7 Å². The molecule has 4 rings (SSSR count). The standard InChI is InChI=1S/C20H18N2O2/c1-14-19(23)22(11-15-7-9-16(24-2)10-8-15)13-20(14)12-21-18-6-4-3-5-17(18)20/h3-10,12H,1,11,13H2,2H3. The number of amides is 1. The number of likely N-dealkylation sites (tertiary alicyclic amines) is 1. The Morgan fingerprint density at radius 3 is 2.71 bits per heavy atom. The zero-order chi connectivity index (χ0) is 16.7. The highest BCUT2D eigenvalue weighted by Crippen LogP contribution is 2.45.